The first-order chi connectivity index (χ1) is 9.54. The van der Waals surface area contributed by atoms with E-state index >= 15 is 0 Å². The summed E-state index contributed by atoms with van der Waals surface area (Å²) in [5.41, 5.74) is 0.797. The summed E-state index contributed by atoms with van der Waals surface area (Å²) in [6.07, 6.45) is 0.388. The molecule has 0 aliphatic heterocycles. The van der Waals surface area contributed by atoms with E-state index in [2.05, 4.69) is 4.85 Å². The minimum atomic E-state index is -0.404. The molecule has 0 spiro atoms. The molecule has 1 aromatic carbocycles. The van der Waals surface area contributed by atoms with Crippen molar-refractivity contribution in [1.82, 2.24) is 4.57 Å². The van der Waals surface area contributed by atoms with Gasteiger partial charge in [0, 0.05) is 17.0 Å². The molecule has 3 nitrogen and oxygen atoms in total. The normalized spacial score (nSPS) is 10.3. The van der Waals surface area contributed by atoms with Crippen molar-refractivity contribution in [2.45, 2.75) is 12.8 Å². The Balaban J connectivity index is 2.13. The maximum Gasteiger partial charge on any atom is 0.230 e. The zero-order valence-corrected chi connectivity index (χ0v) is 11.6. The molecule has 0 amide bonds. The molecule has 20 heavy (non-hydrogen) atoms. The van der Waals surface area contributed by atoms with Gasteiger partial charge in [0.25, 0.3) is 0 Å². The Labute approximate surface area is 121 Å². The minimum Gasteiger partial charge on any atom is -0.364 e. The largest absolute Gasteiger partial charge is 0.364 e. The van der Waals surface area contributed by atoms with E-state index in [0.29, 0.717) is 22.1 Å². The van der Waals surface area contributed by atoms with E-state index in [1.807, 2.05) is 0 Å². The summed E-state index contributed by atoms with van der Waals surface area (Å²) in [5.74, 6) is -0.141. The number of carbonyl (C=O) groups is 1. The molecule has 2 rings (SSSR count). The Hall–Kier alpha value is -2.12. The van der Waals surface area contributed by atoms with Gasteiger partial charge in [0.1, 0.15) is 5.82 Å². The number of nitrogens with zero attached hydrogens (tertiary/aromatic N) is 2. The highest BCUT2D eigenvalue weighted by molar-refractivity contribution is 6.31. The first-order valence-electron chi connectivity index (χ1n) is 6.04. The fraction of sp³-hybridized carbons (Fsp3) is 0.200. The number of benzene rings is 1. The highest BCUT2D eigenvalue weighted by Gasteiger charge is 2.16. The molecule has 0 atom stereocenters. The van der Waals surface area contributed by atoms with Gasteiger partial charge in [0.05, 0.1) is 7.05 Å². The zero-order valence-electron chi connectivity index (χ0n) is 10.9. The Kier molecular flexibility index (Phi) is 4.21. The van der Waals surface area contributed by atoms with E-state index in [1.54, 1.807) is 25.2 Å². The molecule has 0 saturated carbocycles. The average molecular weight is 291 g/mol. The third-order valence-electron chi connectivity index (χ3n) is 3.16. The van der Waals surface area contributed by atoms with Crippen LogP contribution in [-0.2, 0) is 13.5 Å². The first-order valence-corrected chi connectivity index (χ1v) is 6.41. The third kappa shape index (κ3) is 2.73. The molecule has 102 valence electrons. The maximum absolute atomic E-state index is 13.6. The van der Waals surface area contributed by atoms with E-state index in [0.717, 1.165) is 0 Å². The summed E-state index contributed by atoms with van der Waals surface area (Å²) >= 11 is 5.92. The molecule has 1 heterocycles. The third-order valence-corrected chi connectivity index (χ3v) is 3.51. The van der Waals surface area contributed by atoms with Crippen molar-refractivity contribution in [2.75, 3.05) is 0 Å². The van der Waals surface area contributed by atoms with Gasteiger partial charge in [-0.15, -0.1) is 0 Å². The van der Waals surface area contributed by atoms with E-state index in [4.69, 9.17) is 18.2 Å². The lowest BCUT2D eigenvalue weighted by Crippen LogP contribution is -2.07. The minimum absolute atomic E-state index is 0.137. The number of ketones is 1. The topological polar surface area (TPSA) is 26.4 Å². The van der Waals surface area contributed by atoms with Crippen LogP contribution in [0.25, 0.3) is 4.85 Å². The van der Waals surface area contributed by atoms with Crippen molar-refractivity contribution in [3.05, 3.63) is 63.8 Å². The van der Waals surface area contributed by atoms with Gasteiger partial charge in [-0.25, -0.2) is 4.39 Å². The quantitative estimate of drug-likeness (QED) is 0.613. The van der Waals surface area contributed by atoms with Gasteiger partial charge in [0.15, 0.2) is 5.69 Å². The molecule has 0 radical (unpaired) electrons. The summed E-state index contributed by atoms with van der Waals surface area (Å²) in [5, 5.41) is 0.325. The molecule has 1 aromatic heterocycles. The molecule has 0 N–H and O–H groups in total. The summed E-state index contributed by atoms with van der Waals surface area (Å²) in [6, 6.07) is 7.66. The van der Waals surface area contributed by atoms with Crippen LogP contribution in [0.2, 0.25) is 5.02 Å². The lowest BCUT2D eigenvalue weighted by Gasteiger charge is -2.05. The summed E-state index contributed by atoms with van der Waals surface area (Å²) in [4.78, 5) is 15.4. The fourth-order valence-corrected chi connectivity index (χ4v) is 2.29. The first kappa shape index (κ1) is 14.3. The Morgan fingerprint density at radius 1 is 1.40 bits per heavy atom. The van der Waals surface area contributed by atoms with Crippen molar-refractivity contribution in [3.8, 4) is 0 Å². The van der Waals surface area contributed by atoms with Gasteiger partial charge >= 0.3 is 0 Å². The van der Waals surface area contributed by atoms with Gasteiger partial charge in [-0.05, 0) is 30.7 Å². The Bertz CT molecular complexity index is 680. The zero-order chi connectivity index (χ0) is 14.7. The number of hydrogen-bond donors (Lipinski definition) is 0. The van der Waals surface area contributed by atoms with Crippen LogP contribution < -0.4 is 0 Å². The van der Waals surface area contributed by atoms with Gasteiger partial charge in [-0.1, -0.05) is 24.2 Å². The number of aromatic nitrogens is 1. The molecule has 0 aliphatic rings. The van der Waals surface area contributed by atoms with E-state index < -0.39 is 5.82 Å². The van der Waals surface area contributed by atoms with E-state index in [9.17, 15) is 9.18 Å². The lowest BCUT2D eigenvalue weighted by atomic mass is 10.1. The highest BCUT2D eigenvalue weighted by Crippen LogP contribution is 2.22. The van der Waals surface area contributed by atoms with E-state index in [1.165, 1.54) is 16.7 Å². The van der Waals surface area contributed by atoms with Gasteiger partial charge in [-0.3, -0.25) is 9.36 Å². The second-order valence-corrected chi connectivity index (χ2v) is 4.78. The van der Waals surface area contributed by atoms with Gasteiger partial charge in [0.2, 0.25) is 11.6 Å². The number of Topliss-reactive ketones (excluding diaryl/α,β-unsaturated/α-hetero) is 1. The molecule has 0 saturated heterocycles. The van der Waals surface area contributed by atoms with Crippen molar-refractivity contribution >= 4 is 23.2 Å². The number of hydrogen-bond acceptors (Lipinski definition) is 1. The maximum atomic E-state index is 13.6. The van der Waals surface area contributed by atoms with Crippen molar-refractivity contribution < 1.29 is 9.18 Å². The van der Waals surface area contributed by atoms with Crippen molar-refractivity contribution in [1.29, 1.82) is 0 Å². The fourth-order valence-electron chi connectivity index (χ4n) is 2.03. The van der Waals surface area contributed by atoms with E-state index in [-0.39, 0.29) is 18.6 Å². The summed E-state index contributed by atoms with van der Waals surface area (Å²) < 4.78 is 15.1. The van der Waals surface area contributed by atoms with Crippen LogP contribution in [-0.4, -0.2) is 10.4 Å². The molecule has 2 aromatic rings. The second kappa shape index (κ2) is 5.89. The SMILES string of the molecule is [C-]#[N+]c1ccc(C(=O)CCc2c(F)cccc2Cl)n1C. The average Bonchev–Trinajstić information content (AvgIpc) is 2.79. The molecular weight excluding hydrogens is 279 g/mol. The van der Waals surface area contributed by atoms with Crippen molar-refractivity contribution in [3.63, 3.8) is 0 Å². The predicted molar refractivity (Wildman–Crippen MR) is 75.7 cm³/mol. The Morgan fingerprint density at radius 3 is 2.75 bits per heavy atom. The van der Waals surface area contributed by atoms with Crippen LogP contribution in [0.1, 0.15) is 22.5 Å². The van der Waals surface area contributed by atoms with Gasteiger partial charge in [-0.2, -0.15) is 0 Å². The molecule has 0 aliphatic carbocycles. The molecule has 0 bridgehead atoms. The van der Waals surface area contributed by atoms with Crippen LogP contribution in [0.15, 0.2) is 30.3 Å². The molecule has 0 fully saturated rings. The lowest BCUT2D eigenvalue weighted by molar-refractivity contribution is 0.0975. The van der Waals surface area contributed by atoms with Crippen LogP contribution in [0.3, 0.4) is 0 Å². The number of rotatable bonds is 4. The molecule has 0 unspecified atom stereocenters. The standard InChI is InChI=1S/C15H12ClFN2O/c1-18-15-9-7-13(19(15)2)14(20)8-6-10-11(16)4-3-5-12(10)17/h3-5,7,9H,6,8H2,2H3. The highest BCUT2D eigenvalue weighted by atomic mass is 35.5. The van der Waals surface area contributed by atoms with Crippen molar-refractivity contribution in [2.24, 2.45) is 7.05 Å². The monoisotopic (exact) mass is 290 g/mol. The van der Waals surface area contributed by atoms with Crippen LogP contribution in [0, 0.1) is 12.4 Å². The summed E-state index contributed by atoms with van der Waals surface area (Å²) in [6.45, 7) is 6.96. The summed E-state index contributed by atoms with van der Waals surface area (Å²) in [7, 11) is 1.66. The Morgan fingerprint density at radius 2 is 2.15 bits per heavy atom. The van der Waals surface area contributed by atoms with Crippen LogP contribution in [0.4, 0.5) is 10.2 Å². The smallest absolute Gasteiger partial charge is 0.230 e. The second-order valence-electron chi connectivity index (χ2n) is 4.37. The van der Waals surface area contributed by atoms with Gasteiger partial charge < -0.3 is 4.85 Å². The molecular formula is C15H12ClFN2O. The molecule has 5 heteroatoms. The van der Waals surface area contributed by atoms with Crippen LogP contribution in [0.5, 0.6) is 0 Å². The number of halogens is 2. The van der Waals surface area contributed by atoms with Crippen LogP contribution >= 0.6 is 11.6 Å². The number of carbonyl (C=O) groups excluding carboxylic acids is 1. The predicted octanol–water partition coefficient (Wildman–Crippen LogP) is 4.18.